The first-order valence-electron chi connectivity index (χ1n) is 10.3. The zero-order valence-corrected chi connectivity index (χ0v) is 16.0. The minimum Gasteiger partial charge on any atom is -0.347 e. The molecule has 4 rings (SSSR count). The van der Waals surface area contributed by atoms with Crippen molar-refractivity contribution in [2.24, 2.45) is 0 Å². The average Bonchev–Trinajstić information content (AvgIpc) is 3.22. The molecule has 1 N–H and O–H groups in total. The number of benzene rings is 2. The van der Waals surface area contributed by atoms with Gasteiger partial charge in [-0.1, -0.05) is 49.6 Å². The first-order valence-corrected chi connectivity index (χ1v) is 10.3. The van der Waals surface area contributed by atoms with E-state index in [1.807, 2.05) is 36.4 Å². The maximum atomic E-state index is 13.1. The Morgan fingerprint density at radius 2 is 1.61 bits per heavy atom. The molecule has 0 radical (unpaired) electrons. The van der Waals surface area contributed by atoms with Crippen LogP contribution in [0.3, 0.4) is 0 Å². The second-order valence-electron chi connectivity index (χ2n) is 7.89. The highest BCUT2D eigenvalue weighted by molar-refractivity contribution is 6.38. The summed E-state index contributed by atoms with van der Waals surface area (Å²) in [5.74, 6) is -1.18. The maximum absolute atomic E-state index is 13.1. The Morgan fingerprint density at radius 1 is 0.857 bits per heavy atom. The lowest BCUT2D eigenvalue weighted by Gasteiger charge is -2.26. The van der Waals surface area contributed by atoms with E-state index < -0.39 is 17.7 Å². The number of likely N-dealkylation sites (tertiary alicyclic amines) is 1. The van der Waals surface area contributed by atoms with Crippen molar-refractivity contribution < 1.29 is 14.4 Å². The third-order valence-corrected chi connectivity index (χ3v) is 5.98. The number of amides is 2. The summed E-state index contributed by atoms with van der Waals surface area (Å²) < 4.78 is 0. The fraction of sp³-hybridized carbons (Fsp3) is 0.435. The number of nitrogens with one attached hydrogen (secondary N) is 1. The molecular weight excluding hydrogens is 352 g/mol. The standard InChI is InChI=1S/C23H26N2O3/c26-21(22(27)24-19-9-2-1-3-10-19)20-11-6-14-25(20)23(28)18-13-12-16-7-4-5-8-17(16)15-18/h4-5,7-8,12-13,15,19-20H,1-3,6,9-11,14H2,(H,24,27). The average molecular weight is 378 g/mol. The van der Waals surface area contributed by atoms with Gasteiger partial charge in [0.2, 0.25) is 5.78 Å². The summed E-state index contributed by atoms with van der Waals surface area (Å²) in [6, 6.07) is 12.9. The van der Waals surface area contributed by atoms with Crippen molar-refractivity contribution in [2.75, 3.05) is 6.54 Å². The summed E-state index contributed by atoms with van der Waals surface area (Å²) in [5, 5.41) is 4.95. The smallest absolute Gasteiger partial charge is 0.289 e. The number of fused-ring (bicyclic) bond motifs is 1. The summed E-state index contributed by atoms with van der Waals surface area (Å²) in [6.45, 7) is 0.513. The van der Waals surface area contributed by atoms with Crippen LogP contribution < -0.4 is 5.32 Å². The lowest BCUT2D eigenvalue weighted by atomic mass is 9.95. The summed E-state index contributed by atoms with van der Waals surface area (Å²) in [4.78, 5) is 39.9. The van der Waals surface area contributed by atoms with E-state index in [0.717, 1.165) is 42.9 Å². The molecule has 0 aromatic heterocycles. The van der Waals surface area contributed by atoms with Crippen molar-refractivity contribution in [3.63, 3.8) is 0 Å². The van der Waals surface area contributed by atoms with Crippen molar-refractivity contribution in [2.45, 2.75) is 57.0 Å². The van der Waals surface area contributed by atoms with Gasteiger partial charge >= 0.3 is 0 Å². The molecule has 2 amide bonds. The molecule has 2 aromatic carbocycles. The van der Waals surface area contributed by atoms with E-state index in [2.05, 4.69) is 5.32 Å². The molecule has 1 aliphatic heterocycles. The van der Waals surface area contributed by atoms with Crippen molar-refractivity contribution in [3.05, 3.63) is 48.0 Å². The number of Topliss-reactive ketones (excluding diaryl/α,β-unsaturated/α-hetero) is 1. The zero-order valence-electron chi connectivity index (χ0n) is 16.0. The molecule has 5 heteroatoms. The SMILES string of the molecule is O=C(NC1CCCCC1)C(=O)C1CCCN1C(=O)c1ccc2ccccc2c1. The Balaban J connectivity index is 1.47. The molecular formula is C23H26N2O3. The number of nitrogens with zero attached hydrogens (tertiary/aromatic N) is 1. The van der Waals surface area contributed by atoms with Crippen LogP contribution >= 0.6 is 0 Å². The molecule has 1 saturated carbocycles. The number of hydrogen-bond acceptors (Lipinski definition) is 3. The van der Waals surface area contributed by atoms with Crippen LogP contribution in [0, 0.1) is 0 Å². The molecule has 0 bridgehead atoms. The van der Waals surface area contributed by atoms with Crippen molar-refractivity contribution in [3.8, 4) is 0 Å². The van der Waals surface area contributed by atoms with Gasteiger partial charge in [-0.3, -0.25) is 14.4 Å². The van der Waals surface area contributed by atoms with Gasteiger partial charge in [0.25, 0.3) is 11.8 Å². The molecule has 0 spiro atoms. The van der Waals surface area contributed by atoms with Crippen LogP contribution in [0.5, 0.6) is 0 Å². The third-order valence-electron chi connectivity index (χ3n) is 5.98. The summed E-state index contributed by atoms with van der Waals surface area (Å²) in [5.41, 5.74) is 0.561. The molecule has 2 aliphatic rings. The Bertz CT molecular complexity index is 902. The Labute approximate surface area is 165 Å². The van der Waals surface area contributed by atoms with Crippen LogP contribution in [-0.4, -0.2) is 41.1 Å². The van der Waals surface area contributed by atoms with Gasteiger partial charge in [-0.05, 0) is 48.6 Å². The van der Waals surface area contributed by atoms with Gasteiger partial charge in [-0.25, -0.2) is 0 Å². The predicted molar refractivity (Wildman–Crippen MR) is 108 cm³/mol. The number of carbonyl (C=O) groups is 3. The number of rotatable bonds is 4. The zero-order chi connectivity index (χ0) is 19.5. The molecule has 5 nitrogen and oxygen atoms in total. The van der Waals surface area contributed by atoms with Crippen LogP contribution in [-0.2, 0) is 9.59 Å². The largest absolute Gasteiger partial charge is 0.347 e. The molecule has 28 heavy (non-hydrogen) atoms. The number of hydrogen-bond donors (Lipinski definition) is 1. The highest BCUT2D eigenvalue weighted by Crippen LogP contribution is 2.24. The maximum Gasteiger partial charge on any atom is 0.289 e. The molecule has 1 heterocycles. The third kappa shape index (κ3) is 3.79. The van der Waals surface area contributed by atoms with E-state index in [1.54, 1.807) is 11.0 Å². The molecule has 2 aromatic rings. The fourth-order valence-electron chi connectivity index (χ4n) is 4.43. The Morgan fingerprint density at radius 3 is 2.39 bits per heavy atom. The van der Waals surface area contributed by atoms with Crippen LogP contribution in [0.1, 0.15) is 55.3 Å². The van der Waals surface area contributed by atoms with Crippen LogP contribution in [0.4, 0.5) is 0 Å². The van der Waals surface area contributed by atoms with Gasteiger partial charge in [0.05, 0.1) is 0 Å². The molecule has 146 valence electrons. The second kappa shape index (κ2) is 8.13. The molecule has 2 fully saturated rings. The van der Waals surface area contributed by atoms with Crippen molar-refractivity contribution in [1.82, 2.24) is 10.2 Å². The monoisotopic (exact) mass is 378 g/mol. The number of carbonyl (C=O) groups excluding carboxylic acids is 3. The predicted octanol–water partition coefficient (Wildman–Crippen LogP) is 3.46. The van der Waals surface area contributed by atoms with Gasteiger partial charge in [0.15, 0.2) is 0 Å². The lowest BCUT2D eigenvalue weighted by molar-refractivity contribution is -0.140. The van der Waals surface area contributed by atoms with E-state index in [4.69, 9.17) is 0 Å². The van der Waals surface area contributed by atoms with E-state index in [9.17, 15) is 14.4 Å². The Hall–Kier alpha value is -2.69. The van der Waals surface area contributed by atoms with Crippen LogP contribution in [0.2, 0.25) is 0 Å². The molecule has 1 atom stereocenters. The quantitative estimate of drug-likeness (QED) is 0.829. The first kappa shape index (κ1) is 18.7. The van der Waals surface area contributed by atoms with Gasteiger partial charge in [-0.15, -0.1) is 0 Å². The summed E-state index contributed by atoms with van der Waals surface area (Å²) in [6.07, 6.45) is 6.54. The summed E-state index contributed by atoms with van der Waals surface area (Å²) in [7, 11) is 0. The van der Waals surface area contributed by atoms with E-state index in [-0.39, 0.29) is 11.9 Å². The number of ketones is 1. The van der Waals surface area contributed by atoms with E-state index >= 15 is 0 Å². The highest BCUT2D eigenvalue weighted by atomic mass is 16.2. The molecule has 1 aliphatic carbocycles. The van der Waals surface area contributed by atoms with Crippen LogP contribution in [0.15, 0.2) is 42.5 Å². The van der Waals surface area contributed by atoms with E-state index in [0.29, 0.717) is 18.5 Å². The lowest BCUT2D eigenvalue weighted by Crippen LogP contribution is -2.49. The summed E-state index contributed by atoms with van der Waals surface area (Å²) >= 11 is 0. The van der Waals surface area contributed by atoms with Gasteiger partial charge in [0, 0.05) is 18.2 Å². The van der Waals surface area contributed by atoms with Gasteiger partial charge < -0.3 is 10.2 Å². The van der Waals surface area contributed by atoms with Gasteiger partial charge in [-0.2, -0.15) is 0 Å². The molecule has 1 unspecified atom stereocenters. The Kier molecular flexibility index (Phi) is 5.42. The normalized spacial score (nSPS) is 20.3. The minimum absolute atomic E-state index is 0.0937. The topological polar surface area (TPSA) is 66.5 Å². The van der Waals surface area contributed by atoms with Crippen molar-refractivity contribution in [1.29, 1.82) is 0 Å². The highest BCUT2D eigenvalue weighted by Gasteiger charge is 2.38. The van der Waals surface area contributed by atoms with Crippen LogP contribution in [0.25, 0.3) is 10.8 Å². The second-order valence-corrected chi connectivity index (χ2v) is 7.89. The van der Waals surface area contributed by atoms with Crippen molar-refractivity contribution >= 4 is 28.4 Å². The van der Waals surface area contributed by atoms with Gasteiger partial charge in [0.1, 0.15) is 6.04 Å². The molecule has 1 saturated heterocycles. The fourth-order valence-corrected chi connectivity index (χ4v) is 4.43. The minimum atomic E-state index is -0.650. The van der Waals surface area contributed by atoms with E-state index in [1.165, 1.54) is 6.42 Å². The first-order chi connectivity index (χ1) is 13.6.